The van der Waals surface area contributed by atoms with Crippen LogP contribution < -0.4 is 18.9 Å². The van der Waals surface area contributed by atoms with E-state index in [-0.39, 0.29) is 31.0 Å². The number of alkyl halides is 6. The molecule has 1 aromatic carbocycles. The van der Waals surface area contributed by atoms with Crippen LogP contribution in [0.3, 0.4) is 0 Å². The molecule has 2 N–H and O–H groups in total. The summed E-state index contributed by atoms with van der Waals surface area (Å²) in [7, 11) is -1.84. The van der Waals surface area contributed by atoms with E-state index in [9.17, 15) is 26.3 Å². The molecular weight excluding hydrogens is 328 g/mol. The van der Waals surface area contributed by atoms with Crippen molar-refractivity contribution in [1.82, 2.24) is 0 Å². The summed E-state index contributed by atoms with van der Waals surface area (Å²) < 4.78 is 71.8. The van der Waals surface area contributed by atoms with Crippen molar-refractivity contribution in [1.29, 1.82) is 0 Å². The van der Waals surface area contributed by atoms with Crippen LogP contribution in [0.2, 0.25) is 0 Å². The van der Waals surface area contributed by atoms with Gasteiger partial charge in [-0.2, -0.15) is 44.5 Å². The first-order chi connectivity index (χ1) is 9.84. The average molecular weight is 340 g/mol. The summed E-state index contributed by atoms with van der Waals surface area (Å²) in [5.41, 5.74) is -2.71. The van der Waals surface area contributed by atoms with Gasteiger partial charge in [0.05, 0.1) is 6.10 Å². The molecule has 1 aromatic rings. The first kappa shape index (κ1) is 24.6. The zero-order valence-corrected chi connectivity index (χ0v) is 12.4. The summed E-state index contributed by atoms with van der Waals surface area (Å²) in [5, 5.41) is 16.0. The normalized spacial score (nSPS) is 11.4. The number of hydrogen-bond donors (Lipinski definition) is 2. The molecule has 0 saturated carbocycles. The summed E-state index contributed by atoms with van der Waals surface area (Å²) in [6.45, 7) is 3.42. The minimum Gasteiger partial charge on any atom is -0.400 e. The first-order valence-electron chi connectivity index (χ1n) is 5.68. The van der Waals surface area contributed by atoms with Crippen molar-refractivity contribution in [2.75, 3.05) is 0 Å². The van der Waals surface area contributed by atoms with E-state index >= 15 is 0 Å². The zero-order valence-electron chi connectivity index (χ0n) is 12.4. The zero-order chi connectivity index (χ0) is 17.6. The summed E-state index contributed by atoms with van der Waals surface area (Å²) >= 11 is 0. The Morgan fingerprint density at radius 2 is 1.39 bits per heavy atom. The van der Waals surface area contributed by atoms with Gasteiger partial charge < -0.3 is 10.0 Å². The van der Waals surface area contributed by atoms with Crippen molar-refractivity contribution in [3.05, 3.63) is 35.4 Å². The van der Waals surface area contributed by atoms with Crippen LogP contribution in [-0.2, 0) is 22.0 Å². The monoisotopic (exact) mass is 340 g/mol. The van der Waals surface area contributed by atoms with E-state index in [4.69, 9.17) is 10.0 Å². The van der Waals surface area contributed by atoms with Gasteiger partial charge in [-0.25, -0.2) is 9.69 Å². The first-order valence-corrected chi connectivity index (χ1v) is 5.68. The van der Waals surface area contributed by atoms with Crippen LogP contribution in [0, 0.1) is 6.07 Å². The van der Waals surface area contributed by atoms with E-state index < -0.39 is 30.8 Å². The molecule has 0 heterocycles. The van der Waals surface area contributed by atoms with Crippen molar-refractivity contribution in [2.45, 2.75) is 32.3 Å². The molecule has 0 radical (unpaired) electrons. The fraction of sp³-hybridized carbons (Fsp3) is 0.455. The molecule has 126 valence electrons. The van der Waals surface area contributed by atoms with Crippen molar-refractivity contribution < 1.29 is 64.9 Å². The molecule has 0 aromatic heterocycles. The molecule has 0 unspecified atom stereocenters. The third kappa shape index (κ3) is 11.5. The molecule has 1 rings (SSSR count). The smallest absolute Gasteiger partial charge is 0.400 e. The van der Waals surface area contributed by atoms with Crippen LogP contribution in [-0.4, -0.2) is 23.5 Å². The van der Waals surface area contributed by atoms with E-state index in [0.29, 0.717) is 12.1 Å². The second kappa shape index (κ2) is 10.2. The van der Waals surface area contributed by atoms with Gasteiger partial charge in [-0.3, -0.25) is 0 Å². The Kier molecular flexibility index (Phi) is 10.9. The third-order valence-electron chi connectivity index (χ3n) is 1.78. The molecule has 0 fully saturated rings. The molecule has 0 saturated heterocycles. The van der Waals surface area contributed by atoms with Crippen LogP contribution >= 0.6 is 0 Å². The maximum Gasteiger partial charge on any atom is 1.00 e. The number of hydrogen-bond acceptors (Lipinski definition) is 4. The molecule has 0 amide bonds. The Bertz CT molecular complexity index is 416. The van der Waals surface area contributed by atoms with Gasteiger partial charge in [-0.1, -0.05) is 11.1 Å². The molecule has 4 nitrogen and oxygen atoms in total. The fourth-order valence-corrected chi connectivity index (χ4v) is 0.960. The van der Waals surface area contributed by atoms with Gasteiger partial charge in [-0.15, -0.1) is 6.07 Å². The predicted molar refractivity (Wildman–Crippen MR) is 62.8 cm³/mol. The largest absolute Gasteiger partial charge is 1.00 e. The second-order valence-corrected chi connectivity index (χ2v) is 4.07. The Labute approximate surface area is 140 Å². The van der Waals surface area contributed by atoms with E-state index in [1.54, 1.807) is 19.9 Å². The van der Waals surface area contributed by atoms with Crippen LogP contribution in [0.15, 0.2) is 18.2 Å². The van der Waals surface area contributed by atoms with Crippen molar-refractivity contribution in [3.8, 4) is 0 Å². The van der Waals surface area contributed by atoms with Crippen molar-refractivity contribution in [2.24, 2.45) is 0 Å². The predicted octanol–water partition coefficient (Wildman–Crippen LogP) is -0.159. The van der Waals surface area contributed by atoms with E-state index in [1.165, 1.54) is 0 Å². The van der Waals surface area contributed by atoms with E-state index in [1.807, 2.05) is 0 Å². The number of benzene rings is 1. The Hall–Kier alpha value is -0.698. The molecule has 0 atom stereocenters. The van der Waals surface area contributed by atoms with Gasteiger partial charge in [0.2, 0.25) is 0 Å². The molecule has 12 heteroatoms. The minimum absolute atomic E-state index is 0. The van der Waals surface area contributed by atoms with Gasteiger partial charge in [0.15, 0.2) is 0 Å². The van der Waals surface area contributed by atoms with Gasteiger partial charge >= 0.3 is 38.5 Å². The molecule has 23 heavy (non-hydrogen) atoms. The van der Waals surface area contributed by atoms with E-state index in [0.717, 1.165) is 0 Å². The molecule has 0 aliphatic heterocycles. The molecule has 0 aliphatic carbocycles. The summed E-state index contributed by atoms with van der Waals surface area (Å²) in [4.78, 5) is 8.22. The Morgan fingerprint density at radius 3 is 1.61 bits per heavy atom. The second-order valence-electron chi connectivity index (χ2n) is 4.07. The maximum absolute atomic E-state index is 12.0. The average Bonchev–Trinajstić information content (AvgIpc) is 2.35. The molecule has 0 bridgehead atoms. The van der Waals surface area contributed by atoms with Gasteiger partial charge in [0.25, 0.3) is 0 Å². The topological polar surface area (TPSA) is 58.9 Å². The van der Waals surface area contributed by atoms with Gasteiger partial charge in [0.1, 0.15) is 0 Å². The van der Waals surface area contributed by atoms with Crippen LogP contribution in [0.25, 0.3) is 0 Å². The Morgan fingerprint density at radius 1 is 1.00 bits per heavy atom. The minimum atomic E-state index is -4.78. The Balaban J connectivity index is 0. The third-order valence-corrected chi connectivity index (χ3v) is 1.78. The van der Waals surface area contributed by atoms with Crippen LogP contribution in [0.5, 0.6) is 0 Å². The van der Waals surface area contributed by atoms with Crippen LogP contribution in [0.4, 0.5) is 26.3 Å². The summed E-state index contributed by atoms with van der Waals surface area (Å²) in [5.74, 6) is 0. The quantitative estimate of drug-likeness (QED) is 0.264. The fourth-order valence-electron chi connectivity index (χ4n) is 0.960. The van der Waals surface area contributed by atoms with E-state index in [2.05, 4.69) is 9.69 Å². The summed E-state index contributed by atoms with van der Waals surface area (Å²) in [6, 6.07) is 2.79. The molecule has 0 aliphatic rings. The maximum atomic E-state index is 12.0. The van der Waals surface area contributed by atoms with Crippen molar-refractivity contribution in [3.63, 3.8) is 0 Å². The molecule has 0 spiro atoms. The SMILES string of the molecule is CC(C)OOB(O)O.FC(F)(F)c1c[c-]cc(C(F)(F)F)c1.[Li+]. The van der Waals surface area contributed by atoms with Gasteiger partial charge in [0, 0.05) is 0 Å². The summed E-state index contributed by atoms with van der Waals surface area (Å²) in [6.07, 6.45) is -9.72. The van der Waals surface area contributed by atoms with Crippen LogP contribution in [0.1, 0.15) is 25.0 Å². The van der Waals surface area contributed by atoms with Gasteiger partial charge in [-0.05, 0) is 13.8 Å². The number of halogens is 6. The number of rotatable bonds is 3. The standard InChI is InChI=1S/C8H3F6.C3H9BO4.Li/c9-7(10,11)5-2-1-3-6(4-5)8(12,13)14;1-3(2)7-8-4(5)6;/h2-4H;3,5-6H,1-2H3;/q-1;;+1. The molecular formula is C11H12BF6LiO4. The van der Waals surface area contributed by atoms with Crippen molar-refractivity contribution >= 4 is 7.32 Å².